The second-order valence-electron chi connectivity index (χ2n) is 5.36. The van der Waals surface area contributed by atoms with Gasteiger partial charge in [0.25, 0.3) is 0 Å². The number of hydrogen-bond donors (Lipinski definition) is 1. The summed E-state index contributed by atoms with van der Waals surface area (Å²) in [6.45, 7) is 0. The van der Waals surface area contributed by atoms with E-state index in [1.165, 1.54) is 0 Å². The van der Waals surface area contributed by atoms with Gasteiger partial charge >= 0.3 is 0 Å². The lowest BCUT2D eigenvalue weighted by Crippen LogP contribution is -1.97. The lowest BCUT2D eigenvalue weighted by molar-refractivity contribution is 0.398. The van der Waals surface area contributed by atoms with E-state index in [1.54, 1.807) is 26.5 Å². The zero-order chi connectivity index (χ0) is 16.2. The number of ether oxygens (including phenoxy) is 2. The van der Waals surface area contributed by atoms with Crippen molar-refractivity contribution in [3.8, 4) is 17.2 Å². The highest BCUT2D eigenvalue weighted by molar-refractivity contribution is 5.85. The van der Waals surface area contributed by atoms with Crippen molar-refractivity contribution in [2.24, 2.45) is 0 Å². The second kappa shape index (κ2) is 6.57. The molecule has 0 aliphatic rings. The molecule has 3 rings (SSSR count). The van der Waals surface area contributed by atoms with Crippen LogP contribution in [0.25, 0.3) is 10.9 Å². The fraction of sp³-hybridized carbons (Fsp3) is 0.211. The van der Waals surface area contributed by atoms with Crippen LogP contribution in [0.2, 0.25) is 0 Å². The smallest absolute Gasteiger partial charge is 0.126 e. The highest BCUT2D eigenvalue weighted by Crippen LogP contribution is 2.27. The van der Waals surface area contributed by atoms with Gasteiger partial charge < -0.3 is 14.6 Å². The molecule has 0 fully saturated rings. The van der Waals surface area contributed by atoms with E-state index in [1.807, 2.05) is 36.4 Å². The number of rotatable bonds is 5. The predicted molar refractivity (Wildman–Crippen MR) is 90.4 cm³/mol. The molecule has 1 N–H and O–H groups in total. The molecule has 0 aliphatic heterocycles. The van der Waals surface area contributed by atoms with Crippen molar-refractivity contribution in [1.29, 1.82) is 0 Å². The molecule has 3 aromatic rings. The minimum atomic E-state index is 0.260. The number of methoxy groups -OCH3 is 2. The van der Waals surface area contributed by atoms with E-state index in [2.05, 4.69) is 4.98 Å². The lowest BCUT2D eigenvalue weighted by atomic mass is 10.0. The molecule has 0 spiro atoms. The van der Waals surface area contributed by atoms with E-state index in [-0.39, 0.29) is 5.75 Å². The van der Waals surface area contributed by atoms with Crippen LogP contribution in [0.1, 0.15) is 11.1 Å². The molecule has 0 bridgehead atoms. The van der Waals surface area contributed by atoms with Crippen LogP contribution in [-0.2, 0) is 12.8 Å². The first-order chi connectivity index (χ1) is 11.2. The fourth-order valence-corrected chi connectivity index (χ4v) is 2.69. The molecule has 0 amide bonds. The molecule has 0 saturated carbocycles. The molecule has 0 radical (unpaired) electrons. The van der Waals surface area contributed by atoms with Gasteiger partial charge in [0, 0.05) is 11.6 Å². The number of aromatic hydroxyl groups is 1. The molecule has 23 heavy (non-hydrogen) atoms. The third-order valence-electron chi connectivity index (χ3n) is 3.95. The number of fused-ring (bicyclic) bond motifs is 1. The standard InChI is InChI=1S/C19H19NO3/c1-22-15-6-8-19(23-2)14(12-15)5-3-13-4-7-17-16(11-13)18(21)9-10-20-17/h4,6-12H,3,5H2,1-2H3,(H,20,21). The van der Waals surface area contributed by atoms with Gasteiger partial charge in [0.2, 0.25) is 0 Å². The van der Waals surface area contributed by atoms with E-state index < -0.39 is 0 Å². The van der Waals surface area contributed by atoms with Crippen molar-refractivity contribution >= 4 is 10.9 Å². The predicted octanol–water partition coefficient (Wildman–Crippen LogP) is 3.74. The minimum Gasteiger partial charge on any atom is -0.507 e. The number of pyridine rings is 1. The Morgan fingerprint density at radius 1 is 0.957 bits per heavy atom. The Bertz CT molecular complexity index is 830. The summed E-state index contributed by atoms with van der Waals surface area (Å²) in [6, 6.07) is 13.4. The van der Waals surface area contributed by atoms with E-state index in [4.69, 9.17) is 9.47 Å². The van der Waals surface area contributed by atoms with Crippen LogP contribution in [-0.4, -0.2) is 24.3 Å². The molecule has 0 unspecified atom stereocenters. The summed E-state index contributed by atoms with van der Waals surface area (Å²) in [5, 5.41) is 10.7. The zero-order valence-electron chi connectivity index (χ0n) is 13.2. The molecular weight excluding hydrogens is 290 g/mol. The summed E-state index contributed by atoms with van der Waals surface area (Å²) < 4.78 is 10.7. The average molecular weight is 309 g/mol. The largest absolute Gasteiger partial charge is 0.507 e. The number of aryl methyl sites for hydroxylation is 2. The Labute approximate surface area is 135 Å². The van der Waals surface area contributed by atoms with Crippen molar-refractivity contribution in [3.05, 3.63) is 59.8 Å². The molecule has 1 heterocycles. The molecular formula is C19H19NO3. The van der Waals surface area contributed by atoms with Gasteiger partial charge in [-0.15, -0.1) is 0 Å². The quantitative estimate of drug-likeness (QED) is 0.780. The first-order valence-corrected chi connectivity index (χ1v) is 7.49. The summed E-state index contributed by atoms with van der Waals surface area (Å²) in [6.07, 6.45) is 3.28. The van der Waals surface area contributed by atoms with Crippen LogP contribution in [0.3, 0.4) is 0 Å². The molecule has 118 valence electrons. The number of aromatic nitrogens is 1. The van der Waals surface area contributed by atoms with Crippen molar-refractivity contribution in [2.75, 3.05) is 14.2 Å². The van der Waals surface area contributed by atoms with Gasteiger partial charge in [-0.3, -0.25) is 4.98 Å². The second-order valence-corrected chi connectivity index (χ2v) is 5.36. The van der Waals surface area contributed by atoms with Gasteiger partial charge in [0.15, 0.2) is 0 Å². The molecule has 0 atom stereocenters. The van der Waals surface area contributed by atoms with Gasteiger partial charge in [-0.25, -0.2) is 0 Å². The summed E-state index contributed by atoms with van der Waals surface area (Å²) in [5.41, 5.74) is 3.04. The Morgan fingerprint density at radius 3 is 2.61 bits per heavy atom. The third kappa shape index (κ3) is 3.21. The van der Waals surface area contributed by atoms with Gasteiger partial charge in [0.1, 0.15) is 17.2 Å². The molecule has 1 aromatic heterocycles. The molecule has 0 aliphatic carbocycles. The van der Waals surface area contributed by atoms with E-state index in [0.717, 1.165) is 46.4 Å². The average Bonchev–Trinajstić information content (AvgIpc) is 2.60. The SMILES string of the molecule is COc1ccc(OC)c(CCc2ccc3nccc(O)c3c2)c1. The molecule has 4 heteroatoms. The summed E-state index contributed by atoms with van der Waals surface area (Å²) in [4.78, 5) is 4.25. The summed E-state index contributed by atoms with van der Waals surface area (Å²) in [7, 11) is 3.33. The van der Waals surface area contributed by atoms with Crippen molar-refractivity contribution in [1.82, 2.24) is 4.98 Å². The Hall–Kier alpha value is -2.75. The Balaban J connectivity index is 1.84. The zero-order valence-corrected chi connectivity index (χ0v) is 13.2. The van der Waals surface area contributed by atoms with E-state index in [0.29, 0.717) is 0 Å². The van der Waals surface area contributed by atoms with Crippen LogP contribution >= 0.6 is 0 Å². The van der Waals surface area contributed by atoms with Crippen LogP contribution in [0.4, 0.5) is 0 Å². The van der Waals surface area contributed by atoms with Gasteiger partial charge in [-0.1, -0.05) is 6.07 Å². The summed E-state index contributed by atoms with van der Waals surface area (Å²) in [5.74, 6) is 1.94. The minimum absolute atomic E-state index is 0.260. The van der Waals surface area contributed by atoms with Gasteiger partial charge in [-0.2, -0.15) is 0 Å². The molecule has 2 aromatic carbocycles. The number of benzene rings is 2. The Morgan fingerprint density at radius 2 is 1.83 bits per heavy atom. The van der Waals surface area contributed by atoms with Crippen LogP contribution in [0, 0.1) is 0 Å². The maximum absolute atomic E-state index is 9.95. The highest BCUT2D eigenvalue weighted by atomic mass is 16.5. The third-order valence-corrected chi connectivity index (χ3v) is 3.95. The lowest BCUT2D eigenvalue weighted by Gasteiger charge is -2.11. The van der Waals surface area contributed by atoms with Crippen molar-refractivity contribution in [3.63, 3.8) is 0 Å². The normalized spacial score (nSPS) is 10.7. The maximum Gasteiger partial charge on any atom is 0.126 e. The van der Waals surface area contributed by atoms with Crippen molar-refractivity contribution in [2.45, 2.75) is 12.8 Å². The topological polar surface area (TPSA) is 51.6 Å². The summed E-state index contributed by atoms with van der Waals surface area (Å²) >= 11 is 0. The van der Waals surface area contributed by atoms with Crippen LogP contribution < -0.4 is 9.47 Å². The Kier molecular flexibility index (Phi) is 4.33. The highest BCUT2D eigenvalue weighted by Gasteiger charge is 2.07. The van der Waals surface area contributed by atoms with Crippen LogP contribution in [0.15, 0.2) is 48.7 Å². The number of hydrogen-bond acceptors (Lipinski definition) is 4. The van der Waals surface area contributed by atoms with Crippen LogP contribution in [0.5, 0.6) is 17.2 Å². The maximum atomic E-state index is 9.95. The monoisotopic (exact) mass is 309 g/mol. The van der Waals surface area contributed by atoms with E-state index >= 15 is 0 Å². The molecule has 4 nitrogen and oxygen atoms in total. The van der Waals surface area contributed by atoms with Gasteiger partial charge in [0.05, 0.1) is 19.7 Å². The van der Waals surface area contributed by atoms with Gasteiger partial charge in [-0.05, 0) is 60.4 Å². The van der Waals surface area contributed by atoms with E-state index in [9.17, 15) is 5.11 Å². The first kappa shape index (κ1) is 15.2. The number of nitrogens with zero attached hydrogens (tertiary/aromatic N) is 1. The fourth-order valence-electron chi connectivity index (χ4n) is 2.69. The first-order valence-electron chi connectivity index (χ1n) is 7.49. The van der Waals surface area contributed by atoms with Crippen molar-refractivity contribution < 1.29 is 14.6 Å². The molecule has 0 saturated heterocycles.